The molecule has 2 aromatic rings. The SMILES string of the molecule is ONC(=Nc1ccc(F)c(Cl)c1)c1cnn2c1NCCC2. The van der Waals surface area contributed by atoms with Crippen molar-refractivity contribution in [3.8, 4) is 0 Å². The van der Waals surface area contributed by atoms with E-state index in [0.29, 0.717) is 11.3 Å². The molecule has 8 heteroatoms. The summed E-state index contributed by atoms with van der Waals surface area (Å²) in [4.78, 5) is 4.24. The van der Waals surface area contributed by atoms with Crippen LogP contribution in [-0.4, -0.2) is 27.4 Å². The summed E-state index contributed by atoms with van der Waals surface area (Å²) >= 11 is 5.72. The second kappa shape index (κ2) is 5.71. The number of nitrogens with one attached hydrogen (secondary N) is 2. The van der Waals surface area contributed by atoms with Crippen LogP contribution in [0.1, 0.15) is 12.0 Å². The first-order valence-corrected chi connectivity index (χ1v) is 6.81. The third kappa shape index (κ3) is 2.70. The van der Waals surface area contributed by atoms with E-state index >= 15 is 0 Å². The molecule has 1 aliphatic heterocycles. The Kier molecular flexibility index (Phi) is 3.76. The van der Waals surface area contributed by atoms with Crippen molar-refractivity contribution in [2.24, 2.45) is 4.99 Å². The fourth-order valence-electron chi connectivity index (χ4n) is 2.18. The van der Waals surface area contributed by atoms with Gasteiger partial charge in [-0.05, 0) is 24.6 Å². The summed E-state index contributed by atoms with van der Waals surface area (Å²) in [7, 11) is 0. The summed E-state index contributed by atoms with van der Waals surface area (Å²) in [5.74, 6) is 0.488. The first-order chi connectivity index (χ1) is 10.2. The highest BCUT2D eigenvalue weighted by Crippen LogP contribution is 2.24. The third-order valence-corrected chi connectivity index (χ3v) is 3.47. The lowest BCUT2D eigenvalue weighted by atomic mass is 10.2. The molecule has 1 aliphatic rings. The largest absolute Gasteiger partial charge is 0.370 e. The van der Waals surface area contributed by atoms with Gasteiger partial charge in [-0.1, -0.05) is 11.6 Å². The quantitative estimate of drug-likeness (QED) is 0.453. The van der Waals surface area contributed by atoms with E-state index in [9.17, 15) is 9.60 Å². The molecule has 1 aromatic carbocycles. The summed E-state index contributed by atoms with van der Waals surface area (Å²) in [5, 5.41) is 16.8. The van der Waals surface area contributed by atoms with E-state index in [2.05, 4.69) is 20.9 Å². The monoisotopic (exact) mass is 309 g/mol. The number of hydroxylamine groups is 1. The Labute approximate surface area is 125 Å². The maximum atomic E-state index is 13.1. The normalized spacial score (nSPS) is 14.5. The van der Waals surface area contributed by atoms with Crippen molar-refractivity contribution in [2.45, 2.75) is 13.0 Å². The minimum Gasteiger partial charge on any atom is -0.370 e. The second-order valence-electron chi connectivity index (χ2n) is 4.58. The van der Waals surface area contributed by atoms with Gasteiger partial charge >= 0.3 is 0 Å². The summed E-state index contributed by atoms with van der Waals surface area (Å²) < 4.78 is 15.0. The lowest BCUT2D eigenvalue weighted by Crippen LogP contribution is -2.24. The Bertz CT molecular complexity index is 700. The minimum absolute atomic E-state index is 0.0244. The number of aryl methyl sites for hydroxylation is 1. The van der Waals surface area contributed by atoms with Crippen LogP contribution < -0.4 is 10.8 Å². The number of aromatic nitrogens is 2. The number of hydrogen-bond donors (Lipinski definition) is 3. The van der Waals surface area contributed by atoms with Crippen LogP contribution in [0.4, 0.5) is 15.9 Å². The second-order valence-corrected chi connectivity index (χ2v) is 4.99. The molecule has 0 saturated carbocycles. The van der Waals surface area contributed by atoms with Crippen LogP contribution in [0.15, 0.2) is 29.4 Å². The number of halogens is 2. The van der Waals surface area contributed by atoms with Gasteiger partial charge in [0.05, 0.1) is 22.5 Å². The van der Waals surface area contributed by atoms with E-state index in [1.54, 1.807) is 6.20 Å². The smallest absolute Gasteiger partial charge is 0.162 e. The topological polar surface area (TPSA) is 74.5 Å². The number of nitrogens with zero attached hydrogens (tertiary/aromatic N) is 3. The molecule has 0 unspecified atom stereocenters. The Hall–Kier alpha value is -2.12. The summed E-state index contributed by atoms with van der Waals surface area (Å²) in [6, 6.07) is 4.08. The van der Waals surface area contributed by atoms with E-state index in [-0.39, 0.29) is 10.9 Å². The zero-order valence-electron chi connectivity index (χ0n) is 11.0. The molecule has 3 N–H and O–H groups in total. The van der Waals surface area contributed by atoms with Crippen molar-refractivity contribution in [1.82, 2.24) is 15.3 Å². The van der Waals surface area contributed by atoms with Gasteiger partial charge in [0, 0.05) is 13.1 Å². The number of amidine groups is 1. The average Bonchev–Trinajstić information content (AvgIpc) is 2.92. The van der Waals surface area contributed by atoms with Crippen LogP contribution in [0.2, 0.25) is 5.02 Å². The maximum Gasteiger partial charge on any atom is 0.162 e. The van der Waals surface area contributed by atoms with Crippen LogP contribution in [0.3, 0.4) is 0 Å². The highest BCUT2D eigenvalue weighted by atomic mass is 35.5. The van der Waals surface area contributed by atoms with Crippen molar-refractivity contribution >= 4 is 28.9 Å². The zero-order chi connectivity index (χ0) is 14.8. The van der Waals surface area contributed by atoms with E-state index < -0.39 is 5.82 Å². The lowest BCUT2D eigenvalue weighted by molar-refractivity contribution is 0.235. The number of fused-ring (bicyclic) bond motifs is 1. The summed E-state index contributed by atoms with van der Waals surface area (Å²) in [5.41, 5.74) is 3.12. The number of benzene rings is 1. The Morgan fingerprint density at radius 2 is 2.38 bits per heavy atom. The fourth-order valence-corrected chi connectivity index (χ4v) is 2.35. The van der Waals surface area contributed by atoms with Crippen LogP contribution in [0.25, 0.3) is 0 Å². The van der Waals surface area contributed by atoms with E-state index in [4.69, 9.17) is 11.6 Å². The van der Waals surface area contributed by atoms with Crippen LogP contribution in [-0.2, 0) is 6.54 Å². The van der Waals surface area contributed by atoms with Crippen molar-refractivity contribution in [3.05, 3.63) is 40.8 Å². The van der Waals surface area contributed by atoms with Gasteiger partial charge in [0.2, 0.25) is 0 Å². The van der Waals surface area contributed by atoms with Gasteiger partial charge in [-0.3, -0.25) is 10.7 Å². The highest BCUT2D eigenvalue weighted by molar-refractivity contribution is 6.31. The molecule has 0 aliphatic carbocycles. The molecule has 0 radical (unpaired) electrons. The molecule has 3 rings (SSSR count). The molecular weight excluding hydrogens is 297 g/mol. The fraction of sp³-hybridized carbons (Fsp3) is 0.231. The Morgan fingerprint density at radius 1 is 1.52 bits per heavy atom. The van der Waals surface area contributed by atoms with E-state index in [1.807, 2.05) is 4.68 Å². The molecule has 0 spiro atoms. The standard InChI is InChI=1S/C13H13ClFN5O/c14-10-6-8(2-3-11(10)15)18-12(19-21)9-7-17-20-5-1-4-16-13(9)20/h2-3,6-7,16,21H,1,4-5H2,(H,18,19). The van der Waals surface area contributed by atoms with Crippen molar-refractivity contribution in [3.63, 3.8) is 0 Å². The van der Waals surface area contributed by atoms with E-state index in [0.717, 1.165) is 25.3 Å². The van der Waals surface area contributed by atoms with Crippen molar-refractivity contribution in [2.75, 3.05) is 11.9 Å². The van der Waals surface area contributed by atoms with Gasteiger partial charge in [0.15, 0.2) is 5.84 Å². The van der Waals surface area contributed by atoms with Crippen molar-refractivity contribution in [1.29, 1.82) is 0 Å². The molecule has 6 nitrogen and oxygen atoms in total. The Morgan fingerprint density at radius 3 is 3.14 bits per heavy atom. The lowest BCUT2D eigenvalue weighted by Gasteiger charge is -2.17. The predicted octanol–water partition coefficient (Wildman–Crippen LogP) is 2.55. The first kappa shape index (κ1) is 13.8. The molecular formula is C13H13ClFN5O. The Balaban J connectivity index is 1.99. The molecule has 110 valence electrons. The van der Waals surface area contributed by atoms with Crippen LogP contribution >= 0.6 is 11.6 Å². The molecule has 0 fully saturated rings. The van der Waals surface area contributed by atoms with Gasteiger partial charge in [-0.2, -0.15) is 5.10 Å². The summed E-state index contributed by atoms with van der Waals surface area (Å²) in [6.07, 6.45) is 2.60. The van der Waals surface area contributed by atoms with Gasteiger partial charge in [0.1, 0.15) is 11.6 Å². The number of aliphatic imine (C=N–C) groups is 1. The van der Waals surface area contributed by atoms with Crippen LogP contribution in [0.5, 0.6) is 0 Å². The van der Waals surface area contributed by atoms with Gasteiger partial charge in [-0.15, -0.1) is 0 Å². The number of hydrogen-bond acceptors (Lipinski definition) is 4. The molecule has 1 aromatic heterocycles. The highest BCUT2D eigenvalue weighted by Gasteiger charge is 2.18. The molecule has 0 saturated heterocycles. The maximum absolute atomic E-state index is 13.1. The predicted molar refractivity (Wildman–Crippen MR) is 77.9 cm³/mol. The zero-order valence-corrected chi connectivity index (χ0v) is 11.7. The molecule has 2 heterocycles. The van der Waals surface area contributed by atoms with Gasteiger partial charge in [-0.25, -0.2) is 14.1 Å². The molecule has 0 bridgehead atoms. The summed E-state index contributed by atoms with van der Waals surface area (Å²) in [6.45, 7) is 1.64. The van der Waals surface area contributed by atoms with Crippen molar-refractivity contribution < 1.29 is 9.60 Å². The number of anilines is 1. The van der Waals surface area contributed by atoms with Crippen LogP contribution in [0, 0.1) is 5.82 Å². The molecule has 21 heavy (non-hydrogen) atoms. The molecule has 0 atom stereocenters. The first-order valence-electron chi connectivity index (χ1n) is 6.43. The van der Waals surface area contributed by atoms with Gasteiger partial charge < -0.3 is 5.32 Å². The molecule has 0 amide bonds. The number of rotatable bonds is 2. The third-order valence-electron chi connectivity index (χ3n) is 3.18. The van der Waals surface area contributed by atoms with E-state index in [1.165, 1.54) is 18.2 Å². The average molecular weight is 310 g/mol. The van der Waals surface area contributed by atoms with Gasteiger partial charge in [0.25, 0.3) is 0 Å². The minimum atomic E-state index is -0.515.